The number of benzene rings is 1. The lowest BCUT2D eigenvalue weighted by Crippen LogP contribution is -2.50. The van der Waals surface area contributed by atoms with Crippen molar-refractivity contribution in [2.24, 2.45) is 5.92 Å². The number of hydrogen-bond donors (Lipinski definition) is 2. The van der Waals surface area contributed by atoms with E-state index in [0.717, 1.165) is 50.9 Å². The maximum atomic E-state index is 13.3. The monoisotopic (exact) mass is 405 g/mol. The molecule has 1 aromatic carbocycles. The first kappa shape index (κ1) is 23.2. The first-order valence-corrected chi connectivity index (χ1v) is 9.10. The molecule has 3 rings (SSSR count). The number of nitrogens with zero attached hydrogens (tertiary/aromatic N) is 1. The number of rotatable bonds is 4. The van der Waals surface area contributed by atoms with Crippen LogP contribution in [0.25, 0.3) is 0 Å². The molecule has 1 amide bonds. The predicted molar refractivity (Wildman–Crippen MR) is 108 cm³/mol. The van der Waals surface area contributed by atoms with Crippen molar-refractivity contribution in [2.75, 3.05) is 19.6 Å². The smallest absolute Gasteiger partial charge is 0.224 e. The third kappa shape index (κ3) is 6.69. The molecule has 0 saturated carbocycles. The van der Waals surface area contributed by atoms with Crippen LogP contribution < -0.4 is 10.6 Å². The molecule has 3 atom stereocenters. The molecule has 0 spiro atoms. The number of halogens is 3. The Morgan fingerprint density at radius 3 is 2.88 bits per heavy atom. The van der Waals surface area contributed by atoms with Crippen LogP contribution in [0.3, 0.4) is 0 Å². The number of amides is 1. The van der Waals surface area contributed by atoms with Gasteiger partial charge in [0, 0.05) is 25.2 Å². The number of likely N-dealkylation sites (tertiary alicyclic amines) is 1. The molecule has 1 aromatic rings. The van der Waals surface area contributed by atoms with E-state index in [1.807, 2.05) is 6.07 Å². The third-order valence-corrected chi connectivity index (χ3v) is 5.14. The fraction of sp³-hybridized carbons (Fsp3) is 0.632. The van der Waals surface area contributed by atoms with Crippen LogP contribution >= 0.6 is 24.8 Å². The first-order chi connectivity index (χ1) is 11.6. The molecule has 7 heteroatoms. The summed E-state index contributed by atoms with van der Waals surface area (Å²) in [5.41, 5.74) is 0.975. The van der Waals surface area contributed by atoms with Crippen molar-refractivity contribution < 1.29 is 9.18 Å². The predicted octanol–water partition coefficient (Wildman–Crippen LogP) is 3.14. The maximum absolute atomic E-state index is 13.3. The van der Waals surface area contributed by atoms with Crippen molar-refractivity contribution in [1.82, 2.24) is 15.5 Å². The molecule has 0 aliphatic carbocycles. The average Bonchev–Trinajstić information content (AvgIpc) is 2.55. The van der Waals surface area contributed by atoms with E-state index in [0.29, 0.717) is 18.6 Å². The Morgan fingerprint density at radius 2 is 2.15 bits per heavy atom. The van der Waals surface area contributed by atoms with E-state index in [4.69, 9.17) is 0 Å². The van der Waals surface area contributed by atoms with Gasteiger partial charge in [0.1, 0.15) is 5.82 Å². The summed E-state index contributed by atoms with van der Waals surface area (Å²) in [6.45, 7) is 5.60. The minimum atomic E-state index is -0.196. The highest BCUT2D eigenvalue weighted by Crippen LogP contribution is 2.20. The summed E-state index contributed by atoms with van der Waals surface area (Å²) in [5.74, 6) is 0.0503. The molecule has 0 radical (unpaired) electrons. The zero-order valence-electron chi connectivity index (χ0n) is 15.2. The van der Waals surface area contributed by atoms with Gasteiger partial charge in [-0.3, -0.25) is 9.69 Å². The highest BCUT2D eigenvalue weighted by atomic mass is 35.5. The van der Waals surface area contributed by atoms with Gasteiger partial charge in [-0.1, -0.05) is 12.1 Å². The van der Waals surface area contributed by atoms with Gasteiger partial charge >= 0.3 is 0 Å². The van der Waals surface area contributed by atoms with Crippen molar-refractivity contribution in [2.45, 2.75) is 51.2 Å². The molecule has 2 aliphatic heterocycles. The van der Waals surface area contributed by atoms with Crippen LogP contribution in [-0.2, 0) is 11.3 Å². The Bertz CT molecular complexity index is 575. The molecule has 0 aromatic heterocycles. The zero-order chi connectivity index (χ0) is 16.9. The molecule has 2 saturated heterocycles. The van der Waals surface area contributed by atoms with E-state index < -0.39 is 0 Å². The number of carbonyl (C=O) groups excluding carboxylic acids is 1. The summed E-state index contributed by atoms with van der Waals surface area (Å²) in [4.78, 5) is 14.9. The van der Waals surface area contributed by atoms with Crippen LogP contribution in [0.5, 0.6) is 0 Å². The van der Waals surface area contributed by atoms with E-state index in [2.05, 4.69) is 22.5 Å². The normalized spacial score (nSPS) is 26.3. The second kappa shape index (κ2) is 11.1. The summed E-state index contributed by atoms with van der Waals surface area (Å²) in [7, 11) is 0. The number of carbonyl (C=O) groups is 1. The fourth-order valence-corrected chi connectivity index (χ4v) is 3.89. The standard InChI is InChI=1S/C19H28FN3O.2ClH/c1-14-10-18(7-8-21-14)22-19(24)16-5-3-9-23(13-16)12-15-4-2-6-17(20)11-15;;/h2,4,6,11,14,16,18,21H,3,5,7-10,12-13H2,1H3,(H,22,24);2*1H. The van der Waals surface area contributed by atoms with Crippen LogP contribution in [-0.4, -0.2) is 42.5 Å². The van der Waals surface area contributed by atoms with Gasteiger partial charge in [-0.05, 0) is 63.4 Å². The zero-order valence-corrected chi connectivity index (χ0v) is 16.9. The molecule has 2 N–H and O–H groups in total. The average molecular weight is 406 g/mol. The van der Waals surface area contributed by atoms with Gasteiger partial charge in [0.05, 0.1) is 5.92 Å². The second-order valence-corrected chi connectivity index (χ2v) is 7.29. The van der Waals surface area contributed by atoms with Gasteiger partial charge in [-0.25, -0.2) is 4.39 Å². The molecule has 3 unspecified atom stereocenters. The molecule has 2 heterocycles. The minimum absolute atomic E-state index is 0. The van der Waals surface area contributed by atoms with Crippen molar-refractivity contribution in [3.05, 3.63) is 35.6 Å². The first-order valence-electron chi connectivity index (χ1n) is 9.10. The summed E-state index contributed by atoms with van der Waals surface area (Å²) < 4.78 is 13.3. The fourth-order valence-electron chi connectivity index (χ4n) is 3.89. The summed E-state index contributed by atoms with van der Waals surface area (Å²) in [5, 5.41) is 6.66. The van der Waals surface area contributed by atoms with Gasteiger partial charge in [0.25, 0.3) is 0 Å². The summed E-state index contributed by atoms with van der Waals surface area (Å²) in [6.07, 6.45) is 3.99. The van der Waals surface area contributed by atoms with Crippen LogP contribution in [0.1, 0.15) is 38.2 Å². The van der Waals surface area contributed by atoms with Gasteiger partial charge in [0.2, 0.25) is 5.91 Å². The SMILES string of the molecule is CC1CC(NC(=O)C2CCCN(Cc3cccc(F)c3)C2)CCN1.Cl.Cl. The lowest BCUT2D eigenvalue weighted by atomic mass is 9.94. The van der Waals surface area contributed by atoms with E-state index in [-0.39, 0.29) is 42.5 Å². The van der Waals surface area contributed by atoms with E-state index in [1.165, 1.54) is 6.07 Å². The van der Waals surface area contributed by atoms with Crippen molar-refractivity contribution in [3.63, 3.8) is 0 Å². The molecule has 2 aliphatic rings. The topological polar surface area (TPSA) is 44.4 Å². The van der Waals surface area contributed by atoms with Gasteiger partial charge in [-0.15, -0.1) is 24.8 Å². The van der Waals surface area contributed by atoms with E-state index >= 15 is 0 Å². The molecular weight excluding hydrogens is 376 g/mol. The van der Waals surface area contributed by atoms with Crippen LogP contribution in [0.2, 0.25) is 0 Å². The van der Waals surface area contributed by atoms with Crippen molar-refractivity contribution >= 4 is 30.7 Å². The molecule has 2 fully saturated rings. The lowest BCUT2D eigenvalue weighted by Gasteiger charge is -2.34. The van der Waals surface area contributed by atoms with E-state index in [9.17, 15) is 9.18 Å². The highest BCUT2D eigenvalue weighted by molar-refractivity contribution is 5.85. The van der Waals surface area contributed by atoms with Gasteiger partial charge in [0.15, 0.2) is 0 Å². The molecule has 4 nitrogen and oxygen atoms in total. The summed E-state index contributed by atoms with van der Waals surface area (Å²) in [6, 6.07) is 7.52. The van der Waals surface area contributed by atoms with Gasteiger partial charge in [-0.2, -0.15) is 0 Å². The minimum Gasteiger partial charge on any atom is -0.353 e. The highest BCUT2D eigenvalue weighted by Gasteiger charge is 2.28. The van der Waals surface area contributed by atoms with Crippen LogP contribution in [0, 0.1) is 11.7 Å². The van der Waals surface area contributed by atoms with Gasteiger partial charge < -0.3 is 10.6 Å². The number of hydrogen-bond acceptors (Lipinski definition) is 3. The maximum Gasteiger partial charge on any atom is 0.224 e. The van der Waals surface area contributed by atoms with Crippen LogP contribution in [0.4, 0.5) is 4.39 Å². The molecule has 0 bridgehead atoms. The summed E-state index contributed by atoms with van der Waals surface area (Å²) >= 11 is 0. The molecule has 148 valence electrons. The van der Waals surface area contributed by atoms with Crippen molar-refractivity contribution in [3.8, 4) is 0 Å². The molecule has 26 heavy (non-hydrogen) atoms. The lowest BCUT2D eigenvalue weighted by molar-refractivity contribution is -0.127. The quantitative estimate of drug-likeness (QED) is 0.808. The van der Waals surface area contributed by atoms with E-state index in [1.54, 1.807) is 12.1 Å². The third-order valence-electron chi connectivity index (χ3n) is 5.14. The van der Waals surface area contributed by atoms with Crippen LogP contribution in [0.15, 0.2) is 24.3 Å². The number of piperidine rings is 2. The van der Waals surface area contributed by atoms with Crippen molar-refractivity contribution in [1.29, 1.82) is 0 Å². The Morgan fingerprint density at radius 1 is 1.35 bits per heavy atom. The molecular formula is C19H30Cl2FN3O. The Hall–Kier alpha value is -0.880. The second-order valence-electron chi connectivity index (χ2n) is 7.29. The Balaban J connectivity index is 0.00000169. The number of nitrogens with one attached hydrogen (secondary N) is 2. The Kier molecular flexibility index (Phi) is 9.86. The largest absolute Gasteiger partial charge is 0.353 e. The Labute approximate surface area is 168 Å².